The van der Waals surface area contributed by atoms with Crippen molar-refractivity contribution in [1.82, 2.24) is 15.1 Å². The Morgan fingerprint density at radius 3 is 2.70 bits per heavy atom. The number of thiophene rings is 1. The van der Waals surface area contributed by atoms with Crippen LogP contribution in [0.3, 0.4) is 0 Å². The molecule has 3 aromatic heterocycles. The highest BCUT2D eigenvalue weighted by molar-refractivity contribution is 7.16. The van der Waals surface area contributed by atoms with Gasteiger partial charge in [0.1, 0.15) is 5.69 Å². The lowest BCUT2D eigenvalue weighted by Gasteiger charge is -1.95. The molecule has 0 unspecified atom stereocenters. The van der Waals surface area contributed by atoms with Crippen molar-refractivity contribution < 1.29 is 4.52 Å². The van der Waals surface area contributed by atoms with Gasteiger partial charge in [0, 0.05) is 11.1 Å². The molecule has 0 saturated carbocycles. The fraction of sp³-hybridized carbons (Fsp3) is 0.154. The van der Waals surface area contributed by atoms with E-state index >= 15 is 0 Å². The summed E-state index contributed by atoms with van der Waals surface area (Å²) in [7, 11) is 0. The van der Waals surface area contributed by atoms with Crippen LogP contribution in [0.5, 0.6) is 0 Å². The van der Waals surface area contributed by atoms with Gasteiger partial charge in [0.15, 0.2) is 0 Å². The molecular formula is C13H11ClN4OS. The van der Waals surface area contributed by atoms with Gasteiger partial charge in [0.2, 0.25) is 5.82 Å². The van der Waals surface area contributed by atoms with Gasteiger partial charge in [-0.1, -0.05) is 16.8 Å². The number of rotatable bonds is 2. The highest BCUT2D eigenvalue weighted by Crippen LogP contribution is 2.37. The third-order valence-corrected chi connectivity index (χ3v) is 4.27. The van der Waals surface area contributed by atoms with Crippen molar-refractivity contribution in [2.45, 2.75) is 13.8 Å². The van der Waals surface area contributed by atoms with E-state index in [0.717, 1.165) is 16.0 Å². The third kappa shape index (κ3) is 2.17. The largest absolute Gasteiger partial charge is 0.390 e. The van der Waals surface area contributed by atoms with Crippen LogP contribution in [-0.4, -0.2) is 15.1 Å². The molecule has 0 saturated heterocycles. The summed E-state index contributed by atoms with van der Waals surface area (Å²) in [6.45, 7) is 4.00. The molecule has 0 aliphatic rings. The van der Waals surface area contributed by atoms with Gasteiger partial charge in [-0.3, -0.25) is 4.98 Å². The molecular weight excluding hydrogens is 296 g/mol. The molecule has 0 spiro atoms. The molecule has 102 valence electrons. The summed E-state index contributed by atoms with van der Waals surface area (Å²) in [5.74, 6) is 0.829. The molecule has 0 fully saturated rings. The lowest BCUT2D eigenvalue weighted by Crippen LogP contribution is -1.87. The average molecular weight is 307 g/mol. The summed E-state index contributed by atoms with van der Waals surface area (Å²) < 4.78 is 5.30. The molecule has 3 aromatic rings. The quantitative estimate of drug-likeness (QED) is 0.781. The maximum absolute atomic E-state index is 6.00. The minimum absolute atomic E-state index is 0.413. The standard InChI is InChI=1S/C13H11ClN4OS/c1-6-7(2)20-11(15)10(6)13-17-12(18-19-13)9-4-3-8(14)5-16-9/h3-5H,15H2,1-2H3. The zero-order chi connectivity index (χ0) is 14.3. The predicted octanol–water partition coefficient (Wildman–Crippen LogP) is 3.71. The molecule has 0 atom stereocenters. The number of hydrogen-bond acceptors (Lipinski definition) is 6. The van der Waals surface area contributed by atoms with Gasteiger partial charge in [0.25, 0.3) is 5.89 Å². The van der Waals surface area contributed by atoms with Gasteiger partial charge in [-0.25, -0.2) is 0 Å². The molecule has 0 aromatic carbocycles. The second kappa shape index (κ2) is 4.88. The number of nitrogens with zero attached hydrogens (tertiary/aromatic N) is 3. The first-order valence-corrected chi connectivity index (χ1v) is 7.07. The summed E-state index contributed by atoms with van der Waals surface area (Å²) in [5, 5.41) is 5.18. The van der Waals surface area contributed by atoms with Gasteiger partial charge in [-0.05, 0) is 31.5 Å². The SMILES string of the molecule is Cc1sc(N)c(-c2nc(-c3ccc(Cl)cn3)no2)c1C. The van der Waals surface area contributed by atoms with Crippen LogP contribution in [0, 0.1) is 13.8 Å². The molecule has 2 N–H and O–H groups in total. The van der Waals surface area contributed by atoms with Gasteiger partial charge in [-0.2, -0.15) is 4.98 Å². The van der Waals surface area contributed by atoms with Crippen molar-refractivity contribution in [1.29, 1.82) is 0 Å². The fourth-order valence-electron chi connectivity index (χ4n) is 1.86. The van der Waals surface area contributed by atoms with E-state index in [1.165, 1.54) is 11.3 Å². The third-order valence-electron chi connectivity index (χ3n) is 3.01. The first kappa shape index (κ1) is 13.1. The van der Waals surface area contributed by atoms with Gasteiger partial charge in [-0.15, -0.1) is 11.3 Å². The highest BCUT2D eigenvalue weighted by Gasteiger charge is 2.19. The van der Waals surface area contributed by atoms with Crippen LogP contribution < -0.4 is 5.73 Å². The van der Waals surface area contributed by atoms with E-state index in [1.807, 2.05) is 13.8 Å². The number of aryl methyl sites for hydroxylation is 1. The Morgan fingerprint density at radius 2 is 2.10 bits per heavy atom. The molecule has 20 heavy (non-hydrogen) atoms. The molecule has 3 heterocycles. The molecule has 7 heteroatoms. The van der Waals surface area contributed by atoms with Crippen molar-refractivity contribution >= 4 is 27.9 Å². The molecule has 0 amide bonds. The van der Waals surface area contributed by atoms with Crippen molar-refractivity contribution in [3.63, 3.8) is 0 Å². The van der Waals surface area contributed by atoms with Crippen molar-refractivity contribution in [3.05, 3.63) is 33.8 Å². The maximum atomic E-state index is 6.00. The van der Waals surface area contributed by atoms with Crippen molar-refractivity contribution in [2.75, 3.05) is 5.73 Å². The summed E-state index contributed by atoms with van der Waals surface area (Å²) >= 11 is 7.32. The molecule has 3 rings (SSSR count). The Balaban J connectivity index is 2.04. The number of pyridine rings is 1. The fourth-order valence-corrected chi connectivity index (χ4v) is 2.90. The monoisotopic (exact) mass is 306 g/mol. The zero-order valence-corrected chi connectivity index (χ0v) is 12.4. The van der Waals surface area contributed by atoms with Crippen LogP contribution >= 0.6 is 22.9 Å². The van der Waals surface area contributed by atoms with Crippen LogP contribution in [0.2, 0.25) is 5.02 Å². The van der Waals surface area contributed by atoms with Gasteiger partial charge >= 0.3 is 0 Å². The van der Waals surface area contributed by atoms with Crippen LogP contribution in [0.25, 0.3) is 23.0 Å². The predicted molar refractivity (Wildman–Crippen MR) is 79.7 cm³/mol. The van der Waals surface area contributed by atoms with E-state index < -0.39 is 0 Å². The Bertz CT molecular complexity index is 763. The maximum Gasteiger partial charge on any atom is 0.261 e. The Kier molecular flexibility index (Phi) is 3.19. The normalized spacial score (nSPS) is 10.9. The minimum atomic E-state index is 0.413. The molecule has 0 bridgehead atoms. The minimum Gasteiger partial charge on any atom is -0.390 e. The topological polar surface area (TPSA) is 77.8 Å². The molecule has 0 aliphatic carbocycles. The zero-order valence-electron chi connectivity index (χ0n) is 10.8. The van der Waals surface area contributed by atoms with E-state index in [2.05, 4.69) is 15.1 Å². The summed E-state index contributed by atoms with van der Waals surface area (Å²) in [5.41, 5.74) is 8.47. The van der Waals surface area contributed by atoms with Crippen LogP contribution in [-0.2, 0) is 0 Å². The van der Waals surface area contributed by atoms with Gasteiger partial charge < -0.3 is 10.3 Å². The average Bonchev–Trinajstić information content (AvgIpc) is 2.97. The van der Waals surface area contributed by atoms with Crippen molar-refractivity contribution in [3.8, 4) is 23.0 Å². The highest BCUT2D eigenvalue weighted by atomic mass is 35.5. The summed E-state index contributed by atoms with van der Waals surface area (Å²) in [6, 6.07) is 3.47. The van der Waals surface area contributed by atoms with E-state index in [1.54, 1.807) is 18.3 Å². The summed E-state index contributed by atoms with van der Waals surface area (Å²) in [4.78, 5) is 9.66. The Morgan fingerprint density at radius 1 is 1.30 bits per heavy atom. The van der Waals surface area contributed by atoms with E-state index in [9.17, 15) is 0 Å². The lowest BCUT2D eigenvalue weighted by atomic mass is 10.1. The van der Waals surface area contributed by atoms with E-state index in [-0.39, 0.29) is 0 Å². The second-order valence-corrected chi connectivity index (χ2v) is 6.00. The van der Waals surface area contributed by atoms with Crippen LogP contribution in [0.15, 0.2) is 22.9 Å². The second-order valence-electron chi connectivity index (χ2n) is 4.31. The first-order valence-electron chi connectivity index (χ1n) is 5.87. The first-order chi connectivity index (χ1) is 9.56. The number of hydrogen-bond donors (Lipinski definition) is 1. The van der Waals surface area contributed by atoms with Crippen LogP contribution in [0.4, 0.5) is 5.00 Å². The van der Waals surface area contributed by atoms with E-state index in [0.29, 0.717) is 27.4 Å². The number of aromatic nitrogens is 3. The smallest absolute Gasteiger partial charge is 0.261 e. The Hall–Kier alpha value is -1.92. The Labute approximate surface area is 124 Å². The van der Waals surface area contributed by atoms with Crippen LogP contribution in [0.1, 0.15) is 10.4 Å². The number of halogens is 1. The molecule has 0 aliphatic heterocycles. The van der Waals surface area contributed by atoms with Crippen molar-refractivity contribution in [2.24, 2.45) is 0 Å². The van der Waals surface area contributed by atoms with E-state index in [4.69, 9.17) is 21.9 Å². The molecule has 0 radical (unpaired) electrons. The number of nitrogen functional groups attached to an aromatic ring is 1. The number of anilines is 1. The summed E-state index contributed by atoms with van der Waals surface area (Å²) in [6.07, 6.45) is 1.54. The van der Waals surface area contributed by atoms with Gasteiger partial charge in [0.05, 0.1) is 15.6 Å². The number of nitrogens with two attached hydrogens (primary N) is 1. The molecule has 5 nitrogen and oxygen atoms in total. The lowest BCUT2D eigenvalue weighted by molar-refractivity contribution is 0.432.